The Balaban J connectivity index is 3.98. The average Bonchev–Trinajstić information content (AvgIpc) is 2.38. The van der Waals surface area contributed by atoms with E-state index in [1.807, 2.05) is 0 Å². The van der Waals surface area contributed by atoms with Gasteiger partial charge >= 0.3 is 0 Å². The Morgan fingerprint density at radius 2 is 2.05 bits per heavy atom. The van der Waals surface area contributed by atoms with Gasteiger partial charge in [0, 0.05) is 33.1 Å². The molecule has 0 bridgehead atoms. The van der Waals surface area contributed by atoms with Crippen LogP contribution < -0.4 is 11.1 Å². The number of carbonyl (C=O) groups is 1. The fourth-order valence-electron chi connectivity index (χ4n) is 2.13. The molecule has 0 aromatic carbocycles. The molecule has 2 atom stereocenters. The number of hydrogen-bond donors (Lipinski definition) is 3. The summed E-state index contributed by atoms with van der Waals surface area (Å²) in [6.45, 7) is 7.43. The first-order valence-corrected chi connectivity index (χ1v) is 7.50. The number of rotatable bonds is 11. The first-order valence-electron chi connectivity index (χ1n) is 7.50. The lowest BCUT2D eigenvalue weighted by atomic mass is 9.88. The maximum absolute atomic E-state index is 11.8. The highest BCUT2D eigenvalue weighted by molar-refractivity contribution is 5.75. The molecular formula is C15H32N2O3. The van der Waals surface area contributed by atoms with Crippen LogP contribution in [0.25, 0.3) is 0 Å². The van der Waals surface area contributed by atoms with Crippen molar-refractivity contribution in [2.45, 2.75) is 52.1 Å². The molecule has 0 spiro atoms. The summed E-state index contributed by atoms with van der Waals surface area (Å²) in [5.74, 6) is 1.02. The minimum absolute atomic E-state index is 0.00892. The van der Waals surface area contributed by atoms with Gasteiger partial charge in [-0.15, -0.1) is 0 Å². The fourth-order valence-corrected chi connectivity index (χ4v) is 2.13. The number of methoxy groups -OCH3 is 1. The molecule has 5 nitrogen and oxygen atoms in total. The third-order valence-corrected chi connectivity index (χ3v) is 3.73. The van der Waals surface area contributed by atoms with Crippen molar-refractivity contribution in [1.29, 1.82) is 0 Å². The predicted octanol–water partition coefficient (Wildman–Crippen LogP) is 1.29. The number of carbonyl (C=O) groups excluding carboxylic acids is 1. The molecular weight excluding hydrogens is 256 g/mol. The molecule has 120 valence electrons. The normalized spacial score (nSPS) is 15.9. The van der Waals surface area contributed by atoms with Crippen LogP contribution in [0.15, 0.2) is 0 Å². The van der Waals surface area contributed by atoms with E-state index in [0.717, 1.165) is 12.8 Å². The molecule has 0 fully saturated rings. The first-order chi connectivity index (χ1) is 9.32. The number of amides is 1. The molecule has 0 aromatic heterocycles. The predicted molar refractivity (Wildman–Crippen MR) is 81.4 cm³/mol. The van der Waals surface area contributed by atoms with Gasteiger partial charge < -0.3 is 20.9 Å². The van der Waals surface area contributed by atoms with E-state index < -0.39 is 5.60 Å². The summed E-state index contributed by atoms with van der Waals surface area (Å²) >= 11 is 0. The topological polar surface area (TPSA) is 84.6 Å². The summed E-state index contributed by atoms with van der Waals surface area (Å²) in [6, 6.07) is 0. The quantitative estimate of drug-likeness (QED) is 0.535. The van der Waals surface area contributed by atoms with Crippen molar-refractivity contribution < 1.29 is 14.6 Å². The van der Waals surface area contributed by atoms with Crippen molar-refractivity contribution >= 4 is 5.91 Å². The lowest BCUT2D eigenvalue weighted by Gasteiger charge is -2.24. The van der Waals surface area contributed by atoms with Gasteiger partial charge in [0.2, 0.25) is 5.91 Å². The van der Waals surface area contributed by atoms with Crippen molar-refractivity contribution in [3.63, 3.8) is 0 Å². The van der Waals surface area contributed by atoms with E-state index in [1.165, 1.54) is 0 Å². The molecule has 0 heterocycles. The van der Waals surface area contributed by atoms with Crippen LogP contribution in [-0.4, -0.2) is 43.4 Å². The Bertz CT molecular complexity index is 268. The van der Waals surface area contributed by atoms with Crippen molar-refractivity contribution in [2.24, 2.45) is 17.6 Å². The Hall–Kier alpha value is -0.650. The Morgan fingerprint density at radius 3 is 2.55 bits per heavy atom. The Labute approximate surface area is 123 Å². The first kappa shape index (κ1) is 19.4. The second-order valence-electron chi connectivity index (χ2n) is 6.14. The van der Waals surface area contributed by atoms with Gasteiger partial charge in [0.15, 0.2) is 0 Å². The molecule has 0 aliphatic carbocycles. The number of aliphatic hydroxyl groups is 1. The minimum Gasteiger partial charge on any atom is -0.388 e. The van der Waals surface area contributed by atoms with E-state index in [-0.39, 0.29) is 12.5 Å². The maximum atomic E-state index is 11.8. The number of ether oxygens (including phenoxy) is 1. The van der Waals surface area contributed by atoms with Crippen LogP contribution in [0.2, 0.25) is 0 Å². The molecule has 0 aromatic rings. The summed E-state index contributed by atoms with van der Waals surface area (Å²) in [5.41, 5.74) is 4.67. The van der Waals surface area contributed by atoms with Gasteiger partial charge in [-0.2, -0.15) is 0 Å². The molecule has 0 rings (SSSR count). The summed E-state index contributed by atoms with van der Waals surface area (Å²) in [4.78, 5) is 11.8. The van der Waals surface area contributed by atoms with Crippen LogP contribution in [0.1, 0.15) is 46.5 Å². The SMILES string of the molecule is COCCC(C)(O)CNC(=O)CCC(CCN)C(C)C. The third-order valence-electron chi connectivity index (χ3n) is 3.73. The summed E-state index contributed by atoms with van der Waals surface area (Å²) in [6.07, 6.45) is 2.80. The smallest absolute Gasteiger partial charge is 0.220 e. The van der Waals surface area contributed by atoms with E-state index in [2.05, 4.69) is 19.2 Å². The summed E-state index contributed by atoms with van der Waals surface area (Å²) < 4.78 is 4.93. The highest BCUT2D eigenvalue weighted by atomic mass is 16.5. The monoisotopic (exact) mass is 288 g/mol. The highest BCUT2D eigenvalue weighted by Gasteiger charge is 2.21. The van der Waals surface area contributed by atoms with Gasteiger partial charge in [0.05, 0.1) is 5.60 Å². The van der Waals surface area contributed by atoms with Gasteiger partial charge in [-0.1, -0.05) is 13.8 Å². The average molecular weight is 288 g/mol. The van der Waals surface area contributed by atoms with Gasteiger partial charge in [-0.25, -0.2) is 0 Å². The fraction of sp³-hybridized carbons (Fsp3) is 0.933. The molecule has 0 radical (unpaired) electrons. The van der Waals surface area contributed by atoms with Crippen LogP contribution in [0.3, 0.4) is 0 Å². The molecule has 0 saturated carbocycles. The molecule has 0 aliphatic rings. The molecule has 2 unspecified atom stereocenters. The minimum atomic E-state index is -0.916. The zero-order valence-electron chi connectivity index (χ0n) is 13.4. The van der Waals surface area contributed by atoms with E-state index in [0.29, 0.717) is 37.8 Å². The van der Waals surface area contributed by atoms with Crippen molar-refractivity contribution in [3.8, 4) is 0 Å². The highest BCUT2D eigenvalue weighted by Crippen LogP contribution is 2.20. The van der Waals surface area contributed by atoms with Gasteiger partial charge in [-0.3, -0.25) is 4.79 Å². The van der Waals surface area contributed by atoms with Crippen LogP contribution in [-0.2, 0) is 9.53 Å². The summed E-state index contributed by atoms with van der Waals surface area (Å²) in [5, 5.41) is 12.8. The van der Waals surface area contributed by atoms with E-state index in [1.54, 1.807) is 14.0 Å². The lowest BCUT2D eigenvalue weighted by molar-refractivity contribution is -0.122. The molecule has 0 saturated heterocycles. The zero-order valence-corrected chi connectivity index (χ0v) is 13.4. The van der Waals surface area contributed by atoms with Crippen LogP contribution in [0.4, 0.5) is 0 Å². The van der Waals surface area contributed by atoms with E-state index in [9.17, 15) is 9.90 Å². The standard InChI is InChI=1S/C15H32N2O3/c1-12(2)13(7-9-16)5-6-14(18)17-11-15(3,19)8-10-20-4/h12-13,19H,5-11,16H2,1-4H3,(H,17,18). The van der Waals surface area contributed by atoms with Crippen molar-refractivity contribution in [2.75, 3.05) is 26.8 Å². The van der Waals surface area contributed by atoms with E-state index >= 15 is 0 Å². The van der Waals surface area contributed by atoms with E-state index in [4.69, 9.17) is 10.5 Å². The largest absolute Gasteiger partial charge is 0.388 e. The molecule has 1 amide bonds. The Kier molecular flexibility index (Phi) is 9.80. The molecule has 20 heavy (non-hydrogen) atoms. The van der Waals surface area contributed by atoms with Crippen molar-refractivity contribution in [3.05, 3.63) is 0 Å². The van der Waals surface area contributed by atoms with Crippen LogP contribution >= 0.6 is 0 Å². The number of hydrogen-bond acceptors (Lipinski definition) is 4. The van der Waals surface area contributed by atoms with Gasteiger partial charge in [0.25, 0.3) is 0 Å². The van der Waals surface area contributed by atoms with Crippen LogP contribution in [0.5, 0.6) is 0 Å². The van der Waals surface area contributed by atoms with Gasteiger partial charge in [0.1, 0.15) is 0 Å². The second kappa shape index (κ2) is 10.1. The molecule has 4 N–H and O–H groups in total. The van der Waals surface area contributed by atoms with Gasteiger partial charge in [-0.05, 0) is 38.1 Å². The second-order valence-corrected chi connectivity index (χ2v) is 6.14. The summed E-state index contributed by atoms with van der Waals surface area (Å²) in [7, 11) is 1.60. The molecule has 5 heteroatoms. The number of nitrogens with one attached hydrogen (secondary N) is 1. The maximum Gasteiger partial charge on any atom is 0.220 e. The molecule has 0 aliphatic heterocycles. The third kappa shape index (κ3) is 9.28. The Morgan fingerprint density at radius 1 is 1.40 bits per heavy atom. The number of nitrogens with two attached hydrogens (primary N) is 1. The van der Waals surface area contributed by atoms with Crippen LogP contribution in [0, 0.1) is 11.8 Å². The zero-order chi connectivity index (χ0) is 15.6. The lowest BCUT2D eigenvalue weighted by Crippen LogP contribution is -2.41. The van der Waals surface area contributed by atoms with Crippen molar-refractivity contribution in [1.82, 2.24) is 5.32 Å².